The van der Waals surface area contributed by atoms with Gasteiger partial charge in [-0.1, -0.05) is 11.6 Å². The molecule has 2 rings (SSSR count). The number of anilines is 2. The fourth-order valence-electron chi connectivity index (χ4n) is 1.48. The van der Waals surface area contributed by atoms with Gasteiger partial charge < -0.3 is 15.8 Å². The van der Waals surface area contributed by atoms with Crippen molar-refractivity contribution in [3.8, 4) is 5.75 Å². The van der Waals surface area contributed by atoms with E-state index < -0.39 is 0 Å². The lowest BCUT2D eigenvalue weighted by Gasteiger charge is -2.08. The smallest absolute Gasteiger partial charge is 0.262 e. The van der Waals surface area contributed by atoms with Gasteiger partial charge in [-0.3, -0.25) is 4.79 Å². The van der Waals surface area contributed by atoms with Gasteiger partial charge in [0.1, 0.15) is 5.75 Å². The average Bonchev–Trinajstić information content (AvgIpc) is 2.42. The van der Waals surface area contributed by atoms with Crippen LogP contribution in [0.1, 0.15) is 0 Å². The molecule has 2 aromatic carbocycles. The number of hydrogen-bond donors (Lipinski definition) is 2. The number of nitrogens with one attached hydrogen (secondary N) is 1. The first-order chi connectivity index (χ1) is 9.54. The van der Waals surface area contributed by atoms with Gasteiger partial charge in [0.25, 0.3) is 5.91 Å². The van der Waals surface area contributed by atoms with Crippen molar-refractivity contribution >= 4 is 44.8 Å². The molecule has 0 aliphatic rings. The van der Waals surface area contributed by atoms with Crippen LogP contribution in [0.4, 0.5) is 11.4 Å². The number of carbonyl (C=O) groups excluding carboxylic acids is 1. The van der Waals surface area contributed by atoms with Crippen molar-refractivity contribution in [3.63, 3.8) is 0 Å². The molecule has 2 aromatic rings. The number of ether oxygens (including phenoxy) is 1. The number of carbonyl (C=O) groups is 1. The van der Waals surface area contributed by atoms with Crippen LogP contribution in [0, 0.1) is 0 Å². The van der Waals surface area contributed by atoms with Gasteiger partial charge in [-0.2, -0.15) is 0 Å². The molecular weight excluding hydrogens is 344 g/mol. The van der Waals surface area contributed by atoms with Gasteiger partial charge >= 0.3 is 0 Å². The molecule has 4 nitrogen and oxygen atoms in total. The van der Waals surface area contributed by atoms with E-state index in [1.165, 1.54) is 0 Å². The van der Waals surface area contributed by atoms with Gasteiger partial charge in [-0.05, 0) is 58.4 Å². The molecule has 0 unspecified atom stereocenters. The lowest BCUT2D eigenvalue weighted by molar-refractivity contribution is -0.118. The molecule has 104 valence electrons. The van der Waals surface area contributed by atoms with E-state index in [9.17, 15) is 4.79 Å². The van der Waals surface area contributed by atoms with Crippen LogP contribution in [0.2, 0.25) is 5.02 Å². The first-order valence-corrected chi connectivity index (χ1v) is 6.95. The second kappa shape index (κ2) is 6.63. The van der Waals surface area contributed by atoms with E-state index in [0.29, 0.717) is 22.1 Å². The van der Waals surface area contributed by atoms with Crippen LogP contribution in [0.5, 0.6) is 5.75 Å². The highest BCUT2D eigenvalue weighted by Crippen LogP contribution is 2.25. The van der Waals surface area contributed by atoms with Gasteiger partial charge in [0.2, 0.25) is 0 Å². The third-order valence-corrected chi connectivity index (χ3v) is 3.69. The molecule has 0 atom stereocenters. The highest BCUT2D eigenvalue weighted by atomic mass is 79.9. The first-order valence-electron chi connectivity index (χ1n) is 5.78. The van der Waals surface area contributed by atoms with Crippen molar-refractivity contribution < 1.29 is 9.53 Å². The summed E-state index contributed by atoms with van der Waals surface area (Å²) in [7, 11) is 0. The number of hydrogen-bond acceptors (Lipinski definition) is 3. The molecule has 0 aliphatic heterocycles. The quantitative estimate of drug-likeness (QED) is 0.822. The standard InChI is InChI=1S/C14H12BrClN2O2/c15-12-6-3-10(7-13(12)16)18-14(19)8-20-11-4-1-9(17)2-5-11/h1-7H,8,17H2,(H,18,19). The summed E-state index contributed by atoms with van der Waals surface area (Å²) in [5.41, 5.74) is 6.82. The zero-order valence-electron chi connectivity index (χ0n) is 10.4. The predicted octanol–water partition coefficient (Wildman–Crippen LogP) is 3.70. The van der Waals surface area contributed by atoms with Crippen LogP contribution in [-0.2, 0) is 4.79 Å². The molecule has 0 aromatic heterocycles. The Morgan fingerprint density at radius 3 is 2.60 bits per heavy atom. The topological polar surface area (TPSA) is 64.3 Å². The molecular formula is C14H12BrClN2O2. The average molecular weight is 356 g/mol. The molecule has 0 radical (unpaired) electrons. The second-order valence-corrected chi connectivity index (χ2v) is 5.30. The Kier molecular flexibility index (Phi) is 4.87. The van der Waals surface area contributed by atoms with Crippen LogP contribution in [0.25, 0.3) is 0 Å². The van der Waals surface area contributed by atoms with Crippen LogP contribution >= 0.6 is 27.5 Å². The zero-order chi connectivity index (χ0) is 14.5. The summed E-state index contributed by atoms with van der Waals surface area (Å²) in [6, 6.07) is 12.0. The Balaban J connectivity index is 1.89. The molecule has 20 heavy (non-hydrogen) atoms. The third kappa shape index (κ3) is 4.15. The summed E-state index contributed by atoms with van der Waals surface area (Å²) < 4.78 is 6.11. The summed E-state index contributed by atoms with van der Waals surface area (Å²) in [5, 5.41) is 3.23. The number of nitrogen functional groups attached to an aromatic ring is 1. The molecule has 0 fully saturated rings. The summed E-state index contributed by atoms with van der Waals surface area (Å²) in [4.78, 5) is 11.7. The van der Waals surface area contributed by atoms with Gasteiger partial charge in [0, 0.05) is 15.8 Å². The molecule has 0 aliphatic carbocycles. The molecule has 0 bridgehead atoms. The van der Waals surface area contributed by atoms with Gasteiger partial charge in [-0.25, -0.2) is 0 Å². The molecule has 0 heterocycles. The fourth-order valence-corrected chi connectivity index (χ4v) is 1.91. The van der Waals surface area contributed by atoms with E-state index in [0.717, 1.165) is 4.47 Å². The van der Waals surface area contributed by atoms with Crippen LogP contribution in [0.3, 0.4) is 0 Å². The van der Waals surface area contributed by atoms with Gasteiger partial charge in [0.15, 0.2) is 6.61 Å². The van der Waals surface area contributed by atoms with Crippen molar-refractivity contribution in [3.05, 3.63) is 52.0 Å². The van der Waals surface area contributed by atoms with Gasteiger partial charge in [-0.15, -0.1) is 0 Å². The first kappa shape index (κ1) is 14.7. The zero-order valence-corrected chi connectivity index (χ0v) is 12.7. The lowest BCUT2D eigenvalue weighted by Crippen LogP contribution is -2.20. The van der Waals surface area contributed by atoms with Crippen LogP contribution in [0.15, 0.2) is 46.9 Å². The molecule has 0 saturated heterocycles. The van der Waals surface area contributed by atoms with Crippen molar-refractivity contribution in [2.45, 2.75) is 0 Å². The van der Waals surface area contributed by atoms with Crippen LogP contribution < -0.4 is 15.8 Å². The molecule has 1 amide bonds. The highest BCUT2D eigenvalue weighted by Gasteiger charge is 2.05. The Labute approximate surface area is 130 Å². The van der Waals surface area contributed by atoms with Crippen molar-refractivity contribution in [1.29, 1.82) is 0 Å². The summed E-state index contributed by atoms with van der Waals surface area (Å²) in [5.74, 6) is 0.323. The fraction of sp³-hybridized carbons (Fsp3) is 0.0714. The Morgan fingerprint density at radius 2 is 1.95 bits per heavy atom. The molecule has 0 saturated carbocycles. The van der Waals surface area contributed by atoms with Gasteiger partial charge in [0.05, 0.1) is 5.02 Å². The number of halogens is 2. The number of amides is 1. The Morgan fingerprint density at radius 1 is 1.25 bits per heavy atom. The maximum Gasteiger partial charge on any atom is 0.262 e. The minimum absolute atomic E-state index is 0.0857. The van der Waals surface area contributed by atoms with E-state index in [2.05, 4.69) is 21.2 Å². The molecule has 6 heteroatoms. The highest BCUT2D eigenvalue weighted by molar-refractivity contribution is 9.10. The second-order valence-electron chi connectivity index (χ2n) is 4.03. The Bertz CT molecular complexity index is 617. The van der Waals surface area contributed by atoms with E-state index in [4.69, 9.17) is 22.1 Å². The lowest BCUT2D eigenvalue weighted by atomic mass is 10.3. The number of benzene rings is 2. The SMILES string of the molecule is Nc1ccc(OCC(=O)Nc2ccc(Br)c(Cl)c2)cc1. The minimum Gasteiger partial charge on any atom is -0.484 e. The van der Waals surface area contributed by atoms with E-state index >= 15 is 0 Å². The summed E-state index contributed by atoms with van der Waals surface area (Å²) in [6.07, 6.45) is 0. The summed E-state index contributed by atoms with van der Waals surface area (Å²) >= 11 is 9.23. The van der Waals surface area contributed by atoms with E-state index in [-0.39, 0.29) is 12.5 Å². The number of nitrogens with two attached hydrogens (primary N) is 1. The van der Waals surface area contributed by atoms with E-state index in [1.807, 2.05) is 0 Å². The maximum atomic E-state index is 11.7. The molecule has 3 N–H and O–H groups in total. The van der Waals surface area contributed by atoms with Crippen molar-refractivity contribution in [2.75, 3.05) is 17.7 Å². The minimum atomic E-state index is -0.264. The monoisotopic (exact) mass is 354 g/mol. The predicted molar refractivity (Wildman–Crippen MR) is 84.1 cm³/mol. The summed E-state index contributed by atoms with van der Waals surface area (Å²) in [6.45, 7) is -0.0857. The van der Waals surface area contributed by atoms with Crippen molar-refractivity contribution in [2.24, 2.45) is 0 Å². The van der Waals surface area contributed by atoms with E-state index in [1.54, 1.807) is 42.5 Å². The van der Waals surface area contributed by atoms with Crippen molar-refractivity contribution in [1.82, 2.24) is 0 Å². The number of rotatable bonds is 4. The normalized spacial score (nSPS) is 10.1. The third-order valence-electron chi connectivity index (χ3n) is 2.45. The maximum absolute atomic E-state index is 11.7. The largest absolute Gasteiger partial charge is 0.484 e. The molecule has 0 spiro atoms. The Hall–Kier alpha value is -1.72. The van der Waals surface area contributed by atoms with Crippen LogP contribution in [-0.4, -0.2) is 12.5 Å².